The maximum absolute atomic E-state index is 13.9. The van der Waals surface area contributed by atoms with E-state index in [4.69, 9.17) is 0 Å². The molecule has 0 saturated heterocycles. The summed E-state index contributed by atoms with van der Waals surface area (Å²) in [7, 11) is 0. The van der Waals surface area contributed by atoms with Crippen molar-refractivity contribution >= 4 is 27.6 Å². The Morgan fingerprint density at radius 3 is 2.00 bits per heavy atom. The van der Waals surface area contributed by atoms with Gasteiger partial charge >= 0.3 is 0 Å². The van der Waals surface area contributed by atoms with Crippen molar-refractivity contribution in [3.05, 3.63) is 143 Å². The molecule has 0 bridgehead atoms. The molecule has 0 saturated carbocycles. The largest absolute Gasteiger partial charge is 0.304 e. The van der Waals surface area contributed by atoms with Crippen molar-refractivity contribution in [1.82, 2.24) is 0 Å². The van der Waals surface area contributed by atoms with Crippen LogP contribution in [0.4, 0.5) is 8.78 Å². The van der Waals surface area contributed by atoms with Crippen molar-refractivity contribution < 1.29 is 8.78 Å². The number of benzene rings is 5. The van der Waals surface area contributed by atoms with Crippen LogP contribution in [0.2, 0.25) is 0 Å². The number of hydrogen-bond acceptors (Lipinski definition) is 2. The summed E-state index contributed by atoms with van der Waals surface area (Å²) >= 11 is 0. The molecule has 0 fully saturated rings. The number of nitrogens with zero attached hydrogens (tertiary/aromatic N) is 1. The van der Waals surface area contributed by atoms with Crippen LogP contribution in [0.25, 0.3) is 33.0 Å². The topological polar surface area (TPSA) is 47.6 Å². The van der Waals surface area contributed by atoms with E-state index in [1.54, 1.807) is 24.3 Å². The molecule has 0 spiro atoms. The zero-order valence-corrected chi connectivity index (χ0v) is 20.2. The van der Waals surface area contributed by atoms with Crippen LogP contribution >= 0.6 is 0 Å². The van der Waals surface area contributed by atoms with Crippen LogP contribution in [0.1, 0.15) is 39.7 Å². The van der Waals surface area contributed by atoms with Gasteiger partial charge in [-0.1, -0.05) is 66.7 Å². The third kappa shape index (κ3) is 3.19. The van der Waals surface area contributed by atoms with Crippen molar-refractivity contribution in [3.8, 4) is 17.2 Å². The molecule has 2 aliphatic rings. The molecule has 5 aromatic rings. The van der Waals surface area contributed by atoms with Crippen LogP contribution in [-0.2, 0) is 0 Å². The summed E-state index contributed by atoms with van der Waals surface area (Å²) in [5, 5.41) is 20.8. The molecule has 0 radical (unpaired) electrons. The lowest BCUT2D eigenvalue weighted by atomic mass is 9.81. The summed E-state index contributed by atoms with van der Waals surface area (Å²) in [4.78, 5) is 0. The molecule has 0 aliphatic heterocycles. The minimum absolute atomic E-state index is 0.108. The molecular weight excluding hydrogens is 474 g/mol. The fraction of sp³-hybridized carbons (Fsp3) is 0.0588. The predicted molar refractivity (Wildman–Crippen MR) is 147 cm³/mol. The maximum atomic E-state index is 13.9. The van der Waals surface area contributed by atoms with Crippen molar-refractivity contribution in [2.24, 2.45) is 0 Å². The molecule has 0 aromatic heterocycles. The van der Waals surface area contributed by atoms with E-state index in [-0.39, 0.29) is 23.5 Å². The average molecular weight is 495 g/mol. The Labute approximate surface area is 218 Å². The van der Waals surface area contributed by atoms with E-state index in [0.29, 0.717) is 11.3 Å². The molecule has 2 atom stereocenters. The minimum atomic E-state index is -0.320. The summed E-state index contributed by atoms with van der Waals surface area (Å²) in [6.45, 7) is 0. The second-order valence-electron chi connectivity index (χ2n) is 9.84. The molecule has 4 heteroatoms. The second kappa shape index (κ2) is 8.33. The Hall–Kier alpha value is -4.88. The molecule has 2 unspecified atom stereocenters. The van der Waals surface area contributed by atoms with E-state index in [2.05, 4.69) is 30.3 Å². The number of hydrogen-bond donors (Lipinski definition) is 1. The van der Waals surface area contributed by atoms with Crippen molar-refractivity contribution in [2.75, 3.05) is 0 Å². The van der Waals surface area contributed by atoms with Crippen LogP contribution in [0.3, 0.4) is 0 Å². The fourth-order valence-corrected chi connectivity index (χ4v) is 6.28. The molecule has 180 valence electrons. The molecule has 1 N–H and O–H groups in total. The standard InChI is InChI=1S/C34H20F2N2/c35-23-12-8-21(9-13-23)29-32-27-3-1-2-26-25(20-6-4-19(18-37)5-7-20)16-17-28(31(26)27)33(32)30(34(29)38)22-10-14-24(36)15-11-22/h1-17,30,33,38H. The summed E-state index contributed by atoms with van der Waals surface area (Å²) in [5.74, 6) is -1.03. The maximum Gasteiger partial charge on any atom is 0.123 e. The van der Waals surface area contributed by atoms with E-state index in [0.717, 1.165) is 55.3 Å². The number of nitriles is 1. The number of allylic oxidation sites excluding steroid dienone is 2. The second-order valence-corrected chi connectivity index (χ2v) is 9.84. The van der Waals surface area contributed by atoms with Crippen LogP contribution in [0.15, 0.2) is 103 Å². The van der Waals surface area contributed by atoms with Crippen LogP contribution in [-0.4, -0.2) is 5.71 Å². The van der Waals surface area contributed by atoms with E-state index in [9.17, 15) is 19.5 Å². The van der Waals surface area contributed by atoms with Crippen LogP contribution in [0.5, 0.6) is 0 Å². The number of halogens is 2. The quantitative estimate of drug-likeness (QED) is 0.269. The summed E-state index contributed by atoms with van der Waals surface area (Å²) < 4.78 is 27.7. The molecular formula is C34H20F2N2. The third-order valence-corrected chi connectivity index (χ3v) is 7.88. The van der Waals surface area contributed by atoms with Gasteiger partial charge in [-0.3, -0.25) is 0 Å². The Bertz CT molecular complexity index is 1840. The summed E-state index contributed by atoms with van der Waals surface area (Å²) in [6.07, 6.45) is 0. The predicted octanol–water partition coefficient (Wildman–Crippen LogP) is 8.48. The average Bonchev–Trinajstić information content (AvgIpc) is 3.42. The Balaban J connectivity index is 1.50. The van der Waals surface area contributed by atoms with E-state index >= 15 is 0 Å². The molecule has 7 rings (SSSR count). The molecule has 5 aromatic carbocycles. The molecule has 0 amide bonds. The lowest BCUT2D eigenvalue weighted by Gasteiger charge is -2.21. The first-order chi connectivity index (χ1) is 18.5. The van der Waals surface area contributed by atoms with Gasteiger partial charge in [0.25, 0.3) is 0 Å². The molecule has 38 heavy (non-hydrogen) atoms. The minimum Gasteiger partial charge on any atom is -0.304 e. The van der Waals surface area contributed by atoms with Gasteiger partial charge in [0, 0.05) is 23.1 Å². The van der Waals surface area contributed by atoms with E-state index in [1.165, 1.54) is 24.3 Å². The lowest BCUT2D eigenvalue weighted by molar-refractivity contribution is 0.626. The lowest BCUT2D eigenvalue weighted by Crippen LogP contribution is -2.13. The molecule has 0 heterocycles. The highest BCUT2D eigenvalue weighted by Crippen LogP contribution is 2.61. The highest BCUT2D eigenvalue weighted by Gasteiger charge is 2.46. The van der Waals surface area contributed by atoms with Gasteiger partial charge in [-0.05, 0) is 86.1 Å². The monoisotopic (exact) mass is 494 g/mol. The Kier molecular flexibility index (Phi) is 4.89. The SMILES string of the molecule is N#Cc1ccc(-c2ccc3c4c(cccc24)C2=C(c4ccc(F)cc4)C(=N)C(c4ccc(F)cc4)C23)cc1. The van der Waals surface area contributed by atoms with E-state index < -0.39 is 0 Å². The Morgan fingerprint density at radius 2 is 1.32 bits per heavy atom. The van der Waals surface area contributed by atoms with Crippen LogP contribution in [0, 0.1) is 28.4 Å². The van der Waals surface area contributed by atoms with Gasteiger partial charge in [-0.15, -0.1) is 0 Å². The van der Waals surface area contributed by atoms with Gasteiger partial charge in [0.15, 0.2) is 0 Å². The zero-order chi connectivity index (χ0) is 26.0. The van der Waals surface area contributed by atoms with Gasteiger partial charge in [-0.2, -0.15) is 5.26 Å². The van der Waals surface area contributed by atoms with Gasteiger partial charge < -0.3 is 5.41 Å². The molecule has 2 aliphatic carbocycles. The highest BCUT2D eigenvalue weighted by molar-refractivity contribution is 6.38. The third-order valence-electron chi connectivity index (χ3n) is 7.88. The summed E-state index contributed by atoms with van der Waals surface area (Å²) in [5.41, 5.74) is 8.96. The van der Waals surface area contributed by atoms with Gasteiger partial charge in [0.2, 0.25) is 0 Å². The first-order valence-electron chi connectivity index (χ1n) is 12.5. The smallest absolute Gasteiger partial charge is 0.123 e. The van der Waals surface area contributed by atoms with Gasteiger partial charge in [0.05, 0.1) is 11.6 Å². The number of rotatable bonds is 3. The normalized spacial score (nSPS) is 17.7. The van der Waals surface area contributed by atoms with Crippen LogP contribution < -0.4 is 0 Å². The zero-order valence-electron chi connectivity index (χ0n) is 20.2. The number of fused-ring (bicyclic) bond motifs is 3. The van der Waals surface area contributed by atoms with Crippen molar-refractivity contribution in [1.29, 1.82) is 10.7 Å². The van der Waals surface area contributed by atoms with E-state index in [1.807, 2.05) is 30.3 Å². The van der Waals surface area contributed by atoms with Crippen molar-refractivity contribution in [2.45, 2.75) is 11.8 Å². The Morgan fingerprint density at radius 1 is 0.658 bits per heavy atom. The first-order valence-corrected chi connectivity index (χ1v) is 12.5. The van der Waals surface area contributed by atoms with Crippen molar-refractivity contribution in [3.63, 3.8) is 0 Å². The highest BCUT2D eigenvalue weighted by atomic mass is 19.1. The van der Waals surface area contributed by atoms with Gasteiger partial charge in [0.1, 0.15) is 11.6 Å². The first kappa shape index (κ1) is 22.3. The fourth-order valence-electron chi connectivity index (χ4n) is 6.28. The number of nitrogens with one attached hydrogen (secondary N) is 1. The summed E-state index contributed by atoms with van der Waals surface area (Å²) in [6, 6.07) is 33.1. The molecule has 2 nitrogen and oxygen atoms in total. The van der Waals surface area contributed by atoms with Gasteiger partial charge in [-0.25, -0.2) is 8.78 Å².